The first kappa shape index (κ1) is 27.6. The second-order valence-electron chi connectivity index (χ2n) is 16.1. The maximum absolute atomic E-state index is 12.9. The van der Waals surface area contributed by atoms with E-state index in [1.807, 2.05) is 0 Å². The SMILES string of the molecule is CC(=O)[C@@H]1CC[C@]2(C(=O)O)CC[C@]3(C)[C@H](CC[C@@H]4[C@@]5(C)CC[C@@H](OC(=O)NC6CC6)C(C)(C)[C@@H]5CC[C@]43C)[C@@H]12. The number of ether oxygens (including phenoxy) is 1. The molecular weight excluding hydrogens is 490 g/mol. The number of carbonyl (C=O) groups is 3. The summed E-state index contributed by atoms with van der Waals surface area (Å²) in [5.74, 6) is 0.729. The minimum atomic E-state index is -0.719. The van der Waals surface area contributed by atoms with Gasteiger partial charge in [-0.2, -0.15) is 0 Å². The van der Waals surface area contributed by atoms with E-state index in [1.54, 1.807) is 6.92 Å². The number of ketones is 1. The van der Waals surface area contributed by atoms with Gasteiger partial charge in [0.1, 0.15) is 11.9 Å². The molecule has 6 aliphatic carbocycles. The van der Waals surface area contributed by atoms with Crippen LogP contribution < -0.4 is 5.32 Å². The highest BCUT2D eigenvalue weighted by atomic mass is 16.6. The molecule has 0 bridgehead atoms. The lowest BCUT2D eigenvalue weighted by Gasteiger charge is -2.72. The third kappa shape index (κ3) is 3.67. The summed E-state index contributed by atoms with van der Waals surface area (Å²) in [6.07, 6.45) is 11.3. The van der Waals surface area contributed by atoms with E-state index in [-0.39, 0.29) is 51.5 Å². The Morgan fingerprint density at radius 2 is 1.49 bits per heavy atom. The number of fused-ring (bicyclic) bond motifs is 7. The number of carbonyl (C=O) groups excluding carboxylic acids is 2. The Labute approximate surface area is 234 Å². The Kier molecular flexibility index (Phi) is 6.16. The zero-order valence-corrected chi connectivity index (χ0v) is 25.1. The second kappa shape index (κ2) is 8.71. The van der Waals surface area contributed by atoms with Gasteiger partial charge in [-0.25, -0.2) is 4.79 Å². The van der Waals surface area contributed by atoms with Gasteiger partial charge in [-0.15, -0.1) is 0 Å². The third-order valence-corrected chi connectivity index (χ3v) is 14.5. The molecule has 0 aromatic carbocycles. The Hall–Kier alpha value is -1.59. The summed E-state index contributed by atoms with van der Waals surface area (Å²) >= 11 is 0. The monoisotopic (exact) mass is 541 g/mol. The molecule has 1 amide bonds. The molecule has 0 unspecified atom stereocenters. The van der Waals surface area contributed by atoms with Crippen LogP contribution in [0.15, 0.2) is 0 Å². The highest BCUT2D eigenvalue weighted by Gasteiger charge is 2.72. The molecule has 0 radical (unpaired) electrons. The van der Waals surface area contributed by atoms with Crippen molar-refractivity contribution in [2.45, 2.75) is 131 Å². The lowest BCUT2D eigenvalue weighted by molar-refractivity contribution is -0.248. The smallest absolute Gasteiger partial charge is 0.407 e. The predicted octanol–water partition coefficient (Wildman–Crippen LogP) is 7.00. The number of aliphatic carboxylic acids is 1. The first-order chi connectivity index (χ1) is 18.2. The topological polar surface area (TPSA) is 92.7 Å². The van der Waals surface area contributed by atoms with Crippen molar-refractivity contribution >= 4 is 17.8 Å². The van der Waals surface area contributed by atoms with E-state index in [2.05, 4.69) is 39.9 Å². The first-order valence-electron chi connectivity index (χ1n) is 15.9. The summed E-state index contributed by atoms with van der Waals surface area (Å²) in [5.41, 5.74) is -0.503. The van der Waals surface area contributed by atoms with E-state index in [0.29, 0.717) is 36.6 Å². The molecule has 0 saturated heterocycles. The summed E-state index contributed by atoms with van der Waals surface area (Å²) in [5, 5.41) is 13.5. The van der Waals surface area contributed by atoms with E-state index in [0.717, 1.165) is 64.2 Å². The number of carboxylic acids is 1. The van der Waals surface area contributed by atoms with Gasteiger partial charge in [0.05, 0.1) is 5.41 Å². The van der Waals surface area contributed by atoms with Gasteiger partial charge in [0, 0.05) is 17.4 Å². The van der Waals surface area contributed by atoms with Crippen LogP contribution >= 0.6 is 0 Å². The zero-order valence-electron chi connectivity index (χ0n) is 25.1. The summed E-state index contributed by atoms with van der Waals surface area (Å²) in [4.78, 5) is 38.3. The second-order valence-corrected chi connectivity index (χ2v) is 16.1. The van der Waals surface area contributed by atoms with Crippen molar-refractivity contribution in [1.82, 2.24) is 5.32 Å². The maximum Gasteiger partial charge on any atom is 0.407 e. The van der Waals surface area contributed by atoms with Gasteiger partial charge < -0.3 is 15.2 Å². The van der Waals surface area contributed by atoms with Crippen molar-refractivity contribution in [2.24, 2.45) is 56.7 Å². The molecule has 0 spiro atoms. The largest absolute Gasteiger partial charge is 0.481 e. The molecule has 218 valence electrons. The summed E-state index contributed by atoms with van der Waals surface area (Å²) < 4.78 is 6.10. The lowest BCUT2D eigenvalue weighted by Crippen LogP contribution is -2.67. The number of amides is 1. The van der Waals surface area contributed by atoms with Crippen molar-refractivity contribution in [2.75, 3.05) is 0 Å². The van der Waals surface area contributed by atoms with Gasteiger partial charge in [0.25, 0.3) is 0 Å². The molecule has 6 nitrogen and oxygen atoms in total. The van der Waals surface area contributed by atoms with Gasteiger partial charge >= 0.3 is 12.1 Å². The summed E-state index contributed by atoms with van der Waals surface area (Å²) in [7, 11) is 0. The normalized spacial score (nSPS) is 50.0. The molecule has 6 saturated carbocycles. The van der Waals surface area contributed by atoms with Crippen LogP contribution in [-0.2, 0) is 14.3 Å². The number of carboxylic acid groups (broad SMARTS) is 1. The van der Waals surface area contributed by atoms with Crippen molar-refractivity contribution < 1.29 is 24.2 Å². The summed E-state index contributed by atoms with van der Waals surface area (Å²) in [6.45, 7) is 13.9. The molecule has 0 aromatic rings. The number of Topliss-reactive ketones (excluding diaryl/α,β-unsaturated/α-hetero) is 1. The quantitative estimate of drug-likeness (QED) is 0.400. The van der Waals surface area contributed by atoms with E-state index in [1.165, 1.54) is 0 Å². The minimum Gasteiger partial charge on any atom is -0.481 e. The van der Waals surface area contributed by atoms with Crippen molar-refractivity contribution in [3.8, 4) is 0 Å². The summed E-state index contributed by atoms with van der Waals surface area (Å²) in [6, 6.07) is 0.304. The van der Waals surface area contributed by atoms with Crippen LogP contribution in [-0.4, -0.2) is 35.1 Å². The fraction of sp³-hybridized carbons (Fsp3) is 0.909. The number of rotatable bonds is 4. The predicted molar refractivity (Wildman–Crippen MR) is 149 cm³/mol. The average Bonchev–Trinajstić information content (AvgIpc) is 3.56. The average molecular weight is 542 g/mol. The lowest BCUT2D eigenvalue weighted by atomic mass is 9.32. The molecule has 0 aliphatic heterocycles. The minimum absolute atomic E-state index is 0.0277. The first-order valence-corrected chi connectivity index (χ1v) is 15.9. The van der Waals surface area contributed by atoms with Crippen LogP contribution in [0.3, 0.4) is 0 Å². The molecule has 0 heterocycles. The molecule has 2 N–H and O–H groups in total. The van der Waals surface area contributed by atoms with Crippen LogP contribution in [0.1, 0.15) is 119 Å². The van der Waals surface area contributed by atoms with E-state index in [9.17, 15) is 19.5 Å². The fourth-order valence-electron chi connectivity index (χ4n) is 12.2. The van der Waals surface area contributed by atoms with Gasteiger partial charge in [-0.05, 0) is 124 Å². The maximum atomic E-state index is 12.9. The zero-order chi connectivity index (χ0) is 28.2. The molecule has 39 heavy (non-hydrogen) atoms. The molecule has 6 aliphatic rings. The number of hydrogen-bond donors (Lipinski definition) is 2. The highest BCUT2D eigenvalue weighted by Crippen LogP contribution is 2.77. The van der Waals surface area contributed by atoms with Gasteiger partial charge in [-0.1, -0.05) is 34.6 Å². The van der Waals surface area contributed by atoms with E-state index < -0.39 is 11.4 Å². The van der Waals surface area contributed by atoms with Crippen LogP contribution in [0, 0.1) is 56.7 Å². The Balaban J connectivity index is 1.30. The van der Waals surface area contributed by atoms with Gasteiger partial charge in [0.2, 0.25) is 0 Å². The van der Waals surface area contributed by atoms with E-state index >= 15 is 0 Å². The molecule has 6 rings (SSSR count). The molecule has 6 heteroatoms. The Morgan fingerprint density at radius 3 is 2.13 bits per heavy atom. The Morgan fingerprint density at radius 1 is 0.769 bits per heavy atom. The standard InChI is InChI=1S/C33H51NO5/c1-19(35)21-11-16-33(27(36)37)18-17-31(5)22(26(21)33)9-10-24-30(4)14-13-25(39-28(38)34-20-7-8-20)29(2,3)23(30)12-15-32(24,31)6/h20-26H,7-18H2,1-6H3,(H,34,38)(H,36,37)/t21-,22+,23-,24+,25+,26+,30-,31+,32+,33-/m0/s1. The fourth-order valence-corrected chi connectivity index (χ4v) is 12.2. The molecule has 6 fully saturated rings. The molecule has 10 atom stereocenters. The van der Waals surface area contributed by atoms with Crippen molar-refractivity contribution in [1.29, 1.82) is 0 Å². The third-order valence-electron chi connectivity index (χ3n) is 14.5. The van der Waals surface area contributed by atoms with Crippen LogP contribution in [0.2, 0.25) is 0 Å². The molecular formula is C33H51NO5. The van der Waals surface area contributed by atoms with E-state index in [4.69, 9.17) is 4.74 Å². The van der Waals surface area contributed by atoms with Crippen LogP contribution in [0.5, 0.6) is 0 Å². The number of alkyl carbamates (subject to hydrolysis) is 1. The van der Waals surface area contributed by atoms with Gasteiger partial charge in [0.15, 0.2) is 0 Å². The Bertz CT molecular complexity index is 1070. The van der Waals surface area contributed by atoms with Gasteiger partial charge in [-0.3, -0.25) is 9.59 Å². The van der Waals surface area contributed by atoms with Crippen molar-refractivity contribution in [3.05, 3.63) is 0 Å². The molecule has 0 aromatic heterocycles. The number of nitrogens with one attached hydrogen (secondary N) is 1. The number of hydrogen-bond acceptors (Lipinski definition) is 4. The van der Waals surface area contributed by atoms with Crippen LogP contribution in [0.25, 0.3) is 0 Å². The highest BCUT2D eigenvalue weighted by molar-refractivity contribution is 5.83. The van der Waals surface area contributed by atoms with Crippen LogP contribution in [0.4, 0.5) is 4.79 Å². The van der Waals surface area contributed by atoms with Crippen molar-refractivity contribution in [3.63, 3.8) is 0 Å².